The molecule has 1 unspecified atom stereocenters. The van der Waals surface area contributed by atoms with Gasteiger partial charge in [-0.2, -0.15) is 5.10 Å². The number of hydrogen-bond acceptors (Lipinski definition) is 4. The number of amides is 2. The Morgan fingerprint density at radius 1 is 1.32 bits per heavy atom. The molecule has 0 saturated carbocycles. The monoisotopic (exact) mass is 385 g/mol. The maximum absolute atomic E-state index is 12.3. The molecule has 3 heterocycles. The Morgan fingerprint density at radius 3 is 2.75 bits per heavy atom. The van der Waals surface area contributed by atoms with Crippen molar-refractivity contribution in [1.82, 2.24) is 24.8 Å². The topological polar surface area (TPSA) is 79.6 Å². The van der Waals surface area contributed by atoms with Crippen molar-refractivity contribution in [3.05, 3.63) is 28.7 Å². The number of fused-ring (bicyclic) bond motifs is 1. The van der Waals surface area contributed by atoms with Crippen LogP contribution in [0.15, 0.2) is 6.07 Å². The molecule has 0 spiro atoms. The normalized spacial score (nSPS) is 16.9. The highest BCUT2D eigenvalue weighted by atomic mass is 16.2. The summed E-state index contributed by atoms with van der Waals surface area (Å²) in [5.74, 6) is 0.550. The van der Waals surface area contributed by atoms with E-state index in [9.17, 15) is 9.59 Å². The smallest absolute Gasteiger partial charge is 0.225 e. The first-order chi connectivity index (χ1) is 13.3. The zero-order valence-corrected chi connectivity index (χ0v) is 17.6. The van der Waals surface area contributed by atoms with Crippen LogP contribution in [0.3, 0.4) is 0 Å². The van der Waals surface area contributed by atoms with Crippen LogP contribution in [0.4, 0.5) is 0 Å². The maximum atomic E-state index is 12.3. The van der Waals surface area contributed by atoms with Gasteiger partial charge < -0.3 is 10.2 Å². The van der Waals surface area contributed by atoms with Crippen molar-refractivity contribution in [2.24, 2.45) is 5.92 Å². The predicted octanol–water partition coefficient (Wildman–Crippen LogP) is 2.39. The van der Waals surface area contributed by atoms with E-state index < -0.39 is 0 Å². The first kappa shape index (κ1) is 20.3. The van der Waals surface area contributed by atoms with Gasteiger partial charge in [0, 0.05) is 55.3 Å². The fourth-order valence-electron chi connectivity index (χ4n) is 4.00. The van der Waals surface area contributed by atoms with Crippen LogP contribution < -0.4 is 5.32 Å². The molecule has 7 nitrogen and oxygen atoms in total. The number of hydrogen-bond donors (Lipinski definition) is 1. The van der Waals surface area contributed by atoms with E-state index in [-0.39, 0.29) is 23.7 Å². The van der Waals surface area contributed by atoms with Gasteiger partial charge in [0.05, 0.1) is 5.69 Å². The SMILES string of the molecule is CCNC(=O)CCc1c(C)nc2cc(C3CCN(C(=O)C(C)C)C3)nn2c1C. The first-order valence-corrected chi connectivity index (χ1v) is 10.2. The van der Waals surface area contributed by atoms with Crippen LogP contribution in [0, 0.1) is 19.8 Å². The lowest BCUT2D eigenvalue weighted by molar-refractivity contribution is -0.133. The molecule has 1 atom stereocenters. The summed E-state index contributed by atoms with van der Waals surface area (Å²) in [5, 5.41) is 7.65. The minimum atomic E-state index is 0.0267. The third kappa shape index (κ3) is 4.03. The second-order valence-corrected chi connectivity index (χ2v) is 7.98. The molecule has 0 bridgehead atoms. The maximum Gasteiger partial charge on any atom is 0.225 e. The third-order valence-corrected chi connectivity index (χ3v) is 5.57. The standard InChI is InChI=1S/C21H31N5O2/c1-6-22-20(27)8-7-17-14(4)23-19-11-18(24-26(19)15(17)5)16-9-10-25(12-16)21(28)13(2)3/h11,13,16H,6-10,12H2,1-5H3,(H,22,27). The summed E-state index contributed by atoms with van der Waals surface area (Å²) in [6, 6.07) is 2.04. The quantitative estimate of drug-likeness (QED) is 0.828. The highest BCUT2D eigenvalue weighted by molar-refractivity contribution is 5.78. The van der Waals surface area contributed by atoms with E-state index in [1.807, 2.05) is 50.1 Å². The van der Waals surface area contributed by atoms with E-state index in [4.69, 9.17) is 10.1 Å². The Bertz CT molecular complexity index is 887. The van der Waals surface area contributed by atoms with Crippen LogP contribution in [0.25, 0.3) is 5.65 Å². The molecule has 3 rings (SSSR count). The molecule has 152 valence electrons. The largest absolute Gasteiger partial charge is 0.356 e. The molecular formula is C21H31N5O2. The molecule has 2 aromatic rings. The highest BCUT2D eigenvalue weighted by Crippen LogP contribution is 2.28. The lowest BCUT2D eigenvalue weighted by atomic mass is 10.1. The van der Waals surface area contributed by atoms with Crippen LogP contribution >= 0.6 is 0 Å². The van der Waals surface area contributed by atoms with Crippen molar-refractivity contribution >= 4 is 17.5 Å². The van der Waals surface area contributed by atoms with Crippen molar-refractivity contribution in [1.29, 1.82) is 0 Å². The minimum Gasteiger partial charge on any atom is -0.356 e. The van der Waals surface area contributed by atoms with Crippen LogP contribution in [0.1, 0.15) is 62.2 Å². The van der Waals surface area contributed by atoms with Crippen molar-refractivity contribution < 1.29 is 9.59 Å². The second kappa shape index (κ2) is 8.29. The third-order valence-electron chi connectivity index (χ3n) is 5.57. The number of aromatic nitrogens is 3. The van der Waals surface area contributed by atoms with Crippen LogP contribution in [0.5, 0.6) is 0 Å². The Kier molecular flexibility index (Phi) is 6.01. The van der Waals surface area contributed by atoms with Gasteiger partial charge >= 0.3 is 0 Å². The summed E-state index contributed by atoms with van der Waals surface area (Å²) in [7, 11) is 0. The van der Waals surface area contributed by atoms with E-state index in [0.29, 0.717) is 19.4 Å². The Labute approximate surface area is 166 Å². The molecule has 0 radical (unpaired) electrons. The molecule has 1 aliphatic rings. The van der Waals surface area contributed by atoms with E-state index in [0.717, 1.165) is 47.8 Å². The van der Waals surface area contributed by atoms with Crippen molar-refractivity contribution in [2.75, 3.05) is 19.6 Å². The zero-order chi connectivity index (χ0) is 20.4. The number of carbonyl (C=O) groups is 2. The molecule has 2 amide bonds. The van der Waals surface area contributed by atoms with Crippen molar-refractivity contribution in [3.63, 3.8) is 0 Å². The lowest BCUT2D eigenvalue weighted by Crippen LogP contribution is -2.32. The number of nitrogens with zero attached hydrogens (tertiary/aromatic N) is 4. The van der Waals surface area contributed by atoms with Crippen LogP contribution in [0.2, 0.25) is 0 Å². The number of likely N-dealkylation sites (tertiary alicyclic amines) is 1. The van der Waals surface area contributed by atoms with Gasteiger partial charge in [-0.3, -0.25) is 9.59 Å². The molecule has 1 aliphatic heterocycles. The average Bonchev–Trinajstić information content (AvgIpc) is 3.27. The number of rotatable bonds is 6. The van der Waals surface area contributed by atoms with Gasteiger partial charge in [0.15, 0.2) is 5.65 Å². The molecule has 1 saturated heterocycles. The molecule has 1 N–H and O–H groups in total. The summed E-state index contributed by atoms with van der Waals surface area (Å²) in [6.45, 7) is 12.0. The van der Waals surface area contributed by atoms with E-state index in [2.05, 4.69) is 5.32 Å². The fraction of sp³-hybridized carbons (Fsp3) is 0.619. The molecule has 2 aromatic heterocycles. The summed E-state index contributed by atoms with van der Waals surface area (Å²) in [5.41, 5.74) is 4.89. The Hall–Kier alpha value is -2.44. The fourth-order valence-corrected chi connectivity index (χ4v) is 4.00. The van der Waals surface area contributed by atoms with Gasteiger partial charge in [0.1, 0.15) is 0 Å². The van der Waals surface area contributed by atoms with Gasteiger partial charge in [-0.25, -0.2) is 9.50 Å². The second-order valence-electron chi connectivity index (χ2n) is 7.98. The molecular weight excluding hydrogens is 354 g/mol. The summed E-state index contributed by atoms with van der Waals surface area (Å²) < 4.78 is 1.89. The van der Waals surface area contributed by atoms with E-state index >= 15 is 0 Å². The van der Waals surface area contributed by atoms with E-state index in [1.54, 1.807) is 0 Å². The molecule has 7 heteroatoms. The molecule has 0 aromatic carbocycles. The summed E-state index contributed by atoms with van der Waals surface area (Å²) >= 11 is 0. The van der Waals surface area contributed by atoms with Crippen molar-refractivity contribution in [2.45, 2.75) is 59.8 Å². The number of carbonyl (C=O) groups excluding carboxylic acids is 2. The van der Waals surface area contributed by atoms with Crippen LogP contribution in [-0.4, -0.2) is 50.9 Å². The Balaban J connectivity index is 1.81. The Morgan fingerprint density at radius 2 is 2.07 bits per heavy atom. The lowest BCUT2D eigenvalue weighted by Gasteiger charge is -2.18. The minimum absolute atomic E-state index is 0.0267. The first-order valence-electron chi connectivity index (χ1n) is 10.2. The molecule has 1 fully saturated rings. The summed E-state index contributed by atoms with van der Waals surface area (Å²) in [4.78, 5) is 30.8. The van der Waals surface area contributed by atoms with Gasteiger partial charge in [0.2, 0.25) is 11.8 Å². The highest BCUT2D eigenvalue weighted by Gasteiger charge is 2.30. The zero-order valence-electron chi connectivity index (χ0n) is 17.6. The average molecular weight is 386 g/mol. The summed E-state index contributed by atoms with van der Waals surface area (Å²) in [6.07, 6.45) is 2.04. The van der Waals surface area contributed by atoms with Gasteiger partial charge in [-0.15, -0.1) is 0 Å². The predicted molar refractivity (Wildman–Crippen MR) is 108 cm³/mol. The number of nitrogens with one attached hydrogen (secondary N) is 1. The van der Waals surface area contributed by atoms with Gasteiger partial charge in [0.25, 0.3) is 0 Å². The molecule has 28 heavy (non-hydrogen) atoms. The molecule has 0 aliphatic carbocycles. The van der Waals surface area contributed by atoms with E-state index in [1.165, 1.54) is 0 Å². The van der Waals surface area contributed by atoms with Gasteiger partial charge in [-0.1, -0.05) is 13.8 Å². The van der Waals surface area contributed by atoms with Crippen molar-refractivity contribution in [3.8, 4) is 0 Å². The number of aryl methyl sites for hydroxylation is 2. The van der Waals surface area contributed by atoms with Gasteiger partial charge in [-0.05, 0) is 39.2 Å². The van der Waals surface area contributed by atoms with Crippen LogP contribution in [-0.2, 0) is 16.0 Å².